The summed E-state index contributed by atoms with van der Waals surface area (Å²) in [6.07, 6.45) is 3.63. The zero-order valence-electron chi connectivity index (χ0n) is 19.6. The molecular weight excluding hydrogens is 448 g/mol. The number of rotatable bonds is 9. The normalized spacial score (nSPS) is 13.4. The fourth-order valence-electron chi connectivity index (χ4n) is 4.30. The van der Waals surface area contributed by atoms with Crippen molar-refractivity contribution in [3.8, 4) is 11.1 Å². The van der Waals surface area contributed by atoms with Crippen molar-refractivity contribution in [1.29, 1.82) is 0 Å². The molecule has 3 aromatic rings. The summed E-state index contributed by atoms with van der Waals surface area (Å²) in [5, 5.41) is 14.4. The van der Waals surface area contributed by atoms with Gasteiger partial charge in [-0.05, 0) is 36.1 Å². The Balaban J connectivity index is 1.38. The summed E-state index contributed by atoms with van der Waals surface area (Å²) in [6.45, 7) is 4.08. The van der Waals surface area contributed by atoms with Crippen LogP contribution in [0.3, 0.4) is 0 Å². The average molecular weight is 477 g/mol. The number of hydrogen-bond acceptors (Lipinski definition) is 5. The van der Waals surface area contributed by atoms with Crippen LogP contribution in [0.1, 0.15) is 37.3 Å². The Hall–Kier alpha value is -4.14. The molecule has 1 aliphatic carbocycles. The minimum absolute atomic E-state index is 0.0644. The molecule has 0 saturated carbocycles. The second-order valence-electron chi connectivity index (χ2n) is 9.12. The zero-order chi connectivity index (χ0) is 25.0. The van der Waals surface area contributed by atoms with E-state index in [-0.39, 0.29) is 19.1 Å². The van der Waals surface area contributed by atoms with Crippen LogP contribution in [0.2, 0.25) is 0 Å². The van der Waals surface area contributed by atoms with E-state index in [9.17, 15) is 19.5 Å². The van der Waals surface area contributed by atoms with Crippen molar-refractivity contribution >= 4 is 18.0 Å². The van der Waals surface area contributed by atoms with E-state index in [1.165, 1.54) is 0 Å². The van der Waals surface area contributed by atoms with Crippen molar-refractivity contribution < 1.29 is 24.2 Å². The number of ether oxygens (including phenoxy) is 1. The molecule has 182 valence electrons. The van der Waals surface area contributed by atoms with E-state index in [1.807, 2.05) is 66.9 Å². The van der Waals surface area contributed by atoms with Crippen LogP contribution >= 0.6 is 0 Å². The van der Waals surface area contributed by atoms with Crippen molar-refractivity contribution in [2.45, 2.75) is 37.8 Å². The molecule has 0 spiro atoms. The summed E-state index contributed by atoms with van der Waals surface area (Å²) in [7, 11) is 0. The number of hydrogen-bond donors (Lipinski definition) is 3. The monoisotopic (exact) mass is 476 g/mol. The molecule has 9 nitrogen and oxygen atoms in total. The number of aromatic nitrogens is 2. The number of nitrogens with zero attached hydrogens (tertiary/aromatic N) is 2. The summed E-state index contributed by atoms with van der Waals surface area (Å²) in [5.41, 5.74) is 3.82. The van der Waals surface area contributed by atoms with Crippen LogP contribution in [-0.2, 0) is 19.9 Å². The standard InChI is InChI=1S/C26H28N4O5/c1-26(2,30-12-11-27-16-30)15-28-24(33)22(13-23(31)32)29-25(34)35-14-21-19-9-5-3-7-17(19)18-8-4-6-10-20(18)21/h3-12,16,21-22H,13-15H2,1-2H3,(H,28,33)(H,29,34)(H,31,32). The lowest BCUT2D eigenvalue weighted by molar-refractivity contribution is -0.139. The molecule has 0 aliphatic heterocycles. The van der Waals surface area contributed by atoms with Crippen molar-refractivity contribution in [3.63, 3.8) is 0 Å². The molecule has 1 unspecified atom stereocenters. The van der Waals surface area contributed by atoms with Gasteiger partial charge in [-0.3, -0.25) is 9.59 Å². The van der Waals surface area contributed by atoms with Gasteiger partial charge in [0, 0.05) is 24.9 Å². The topological polar surface area (TPSA) is 123 Å². The molecule has 1 aliphatic rings. The number of amides is 2. The van der Waals surface area contributed by atoms with Gasteiger partial charge in [-0.25, -0.2) is 9.78 Å². The molecule has 3 N–H and O–H groups in total. The molecule has 1 atom stereocenters. The highest BCUT2D eigenvalue weighted by molar-refractivity contribution is 5.89. The number of fused-ring (bicyclic) bond motifs is 3. The Bertz CT molecular complexity index is 1180. The van der Waals surface area contributed by atoms with Crippen molar-refractivity contribution in [2.24, 2.45) is 0 Å². The molecule has 0 saturated heterocycles. The smallest absolute Gasteiger partial charge is 0.407 e. The number of nitrogens with one attached hydrogen (secondary N) is 2. The van der Waals surface area contributed by atoms with E-state index in [4.69, 9.17) is 4.74 Å². The maximum Gasteiger partial charge on any atom is 0.407 e. The van der Waals surface area contributed by atoms with Crippen LogP contribution in [0.25, 0.3) is 11.1 Å². The number of carbonyl (C=O) groups excluding carboxylic acids is 2. The van der Waals surface area contributed by atoms with Crippen molar-refractivity contribution in [1.82, 2.24) is 20.2 Å². The minimum Gasteiger partial charge on any atom is -0.481 e. The minimum atomic E-state index is -1.28. The van der Waals surface area contributed by atoms with Gasteiger partial charge in [0.25, 0.3) is 0 Å². The third-order valence-corrected chi connectivity index (χ3v) is 6.23. The molecule has 1 aromatic heterocycles. The quantitative estimate of drug-likeness (QED) is 0.436. The number of benzene rings is 2. The van der Waals surface area contributed by atoms with Crippen LogP contribution < -0.4 is 10.6 Å². The Kier molecular flexibility index (Phi) is 6.86. The average Bonchev–Trinajstić information content (AvgIpc) is 3.48. The Morgan fingerprint density at radius 2 is 1.71 bits per heavy atom. The maximum absolute atomic E-state index is 12.7. The predicted octanol–water partition coefficient (Wildman–Crippen LogP) is 3.12. The first-order valence-corrected chi connectivity index (χ1v) is 11.4. The van der Waals surface area contributed by atoms with Crippen LogP contribution in [0.4, 0.5) is 4.79 Å². The SMILES string of the molecule is CC(C)(CNC(=O)C(CC(=O)O)NC(=O)OCC1c2ccccc2-c2ccccc21)n1ccnc1. The second-order valence-corrected chi connectivity index (χ2v) is 9.12. The highest BCUT2D eigenvalue weighted by Crippen LogP contribution is 2.44. The van der Waals surface area contributed by atoms with Gasteiger partial charge in [0.15, 0.2) is 0 Å². The summed E-state index contributed by atoms with van der Waals surface area (Å²) >= 11 is 0. The van der Waals surface area contributed by atoms with Gasteiger partial charge in [0.1, 0.15) is 12.6 Å². The molecule has 0 bridgehead atoms. The molecular formula is C26H28N4O5. The van der Waals surface area contributed by atoms with Crippen molar-refractivity contribution in [3.05, 3.63) is 78.4 Å². The molecule has 0 fully saturated rings. The number of carboxylic acid groups (broad SMARTS) is 1. The van der Waals surface area contributed by atoms with Crippen molar-refractivity contribution in [2.75, 3.05) is 13.2 Å². The Morgan fingerprint density at radius 1 is 1.09 bits per heavy atom. The number of carboxylic acids is 1. The molecule has 0 radical (unpaired) electrons. The van der Waals surface area contributed by atoms with E-state index in [1.54, 1.807) is 18.7 Å². The Morgan fingerprint density at radius 3 is 2.29 bits per heavy atom. The number of carbonyl (C=O) groups is 3. The van der Waals surface area contributed by atoms with Gasteiger partial charge in [-0.1, -0.05) is 48.5 Å². The van der Waals surface area contributed by atoms with Gasteiger partial charge in [-0.15, -0.1) is 0 Å². The molecule has 2 aromatic carbocycles. The highest BCUT2D eigenvalue weighted by Gasteiger charge is 2.31. The fraction of sp³-hybridized carbons (Fsp3) is 0.308. The van der Waals surface area contributed by atoms with E-state index in [2.05, 4.69) is 15.6 Å². The summed E-state index contributed by atoms with van der Waals surface area (Å²) in [6, 6.07) is 14.6. The van der Waals surface area contributed by atoms with Gasteiger partial charge in [-0.2, -0.15) is 0 Å². The lowest BCUT2D eigenvalue weighted by Crippen LogP contribution is -2.51. The highest BCUT2D eigenvalue weighted by atomic mass is 16.5. The number of alkyl carbamates (subject to hydrolysis) is 1. The number of aliphatic carboxylic acids is 1. The first-order valence-electron chi connectivity index (χ1n) is 11.4. The Labute approximate surface area is 203 Å². The van der Waals surface area contributed by atoms with Gasteiger partial charge < -0.3 is 25.0 Å². The molecule has 2 amide bonds. The molecule has 9 heteroatoms. The predicted molar refractivity (Wildman–Crippen MR) is 129 cm³/mol. The summed E-state index contributed by atoms with van der Waals surface area (Å²) < 4.78 is 7.30. The summed E-state index contributed by atoms with van der Waals surface area (Å²) in [4.78, 5) is 40.7. The maximum atomic E-state index is 12.7. The lowest BCUT2D eigenvalue weighted by Gasteiger charge is -2.28. The van der Waals surface area contributed by atoms with E-state index in [0.29, 0.717) is 0 Å². The molecule has 35 heavy (non-hydrogen) atoms. The van der Waals surface area contributed by atoms with Crippen LogP contribution in [-0.4, -0.2) is 51.8 Å². The van der Waals surface area contributed by atoms with Gasteiger partial charge in [0.2, 0.25) is 5.91 Å². The van der Waals surface area contributed by atoms with E-state index >= 15 is 0 Å². The largest absolute Gasteiger partial charge is 0.481 e. The zero-order valence-corrected chi connectivity index (χ0v) is 19.6. The van der Waals surface area contributed by atoms with E-state index < -0.39 is 36.0 Å². The van der Waals surface area contributed by atoms with Crippen LogP contribution in [0.5, 0.6) is 0 Å². The van der Waals surface area contributed by atoms with Gasteiger partial charge >= 0.3 is 12.1 Å². The first-order chi connectivity index (χ1) is 16.8. The van der Waals surface area contributed by atoms with Gasteiger partial charge in [0.05, 0.1) is 18.3 Å². The third kappa shape index (κ3) is 5.34. The van der Waals surface area contributed by atoms with Crippen LogP contribution in [0, 0.1) is 0 Å². The molecule has 4 rings (SSSR count). The summed E-state index contributed by atoms with van der Waals surface area (Å²) in [5.74, 6) is -1.96. The fourth-order valence-corrected chi connectivity index (χ4v) is 4.30. The molecule has 1 heterocycles. The van der Waals surface area contributed by atoms with E-state index in [0.717, 1.165) is 22.3 Å². The first kappa shape index (κ1) is 24.0. The van der Waals surface area contributed by atoms with Crippen LogP contribution in [0.15, 0.2) is 67.3 Å². The number of imidazole rings is 1. The third-order valence-electron chi connectivity index (χ3n) is 6.23. The lowest BCUT2D eigenvalue weighted by atomic mass is 9.98. The second kappa shape index (κ2) is 10.0.